The van der Waals surface area contributed by atoms with Crippen LogP contribution in [0, 0.1) is 0 Å². The Hall–Kier alpha value is -1.40. The van der Waals surface area contributed by atoms with Crippen LogP contribution in [0.15, 0.2) is 35.2 Å². The van der Waals surface area contributed by atoms with Crippen LogP contribution in [0.1, 0.15) is 19.8 Å². The van der Waals surface area contributed by atoms with Crippen molar-refractivity contribution in [1.82, 2.24) is 4.72 Å². The molecule has 0 heterocycles. The normalized spacial score (nSPS) is 13.2. The summed E-state index contributed by atoms with van der Waals surface area (Å²) >= 11 is 0. The summed E-state index contributed by atoms with van der Waals surface area (Å²) in [6.45, 7) is 1.80. The average molecular weight is 257 g/mol. The van der Waals surface area contributed by atoms with Gasteiger partial charge in [0.1, 0.15) is 6.04 Å². The Morgan fingerprint density at radius 2 is 1.94 bits per heavy atom. The topological polar surface area (TPSA) is 83.5 Å². The van der Waals surface area contributed by atoms with Crippen molar-refractivity contribution in [1.29, 1.82) is 0 Å². The molecule has 0 aliphatic carbocycles. The summed E-state index contributed by atoms with van der Waals surface area (Å²) in [6, 6.07) is 6.64. The molecule has 0 saturated carbocycles. The highest BCUT2D eigenvalue weighted by molar-refractivity contribution is 7.89. The number of hydrogen-bond donors (Lipinski definition) is 2. The van der Waals surface area contributed by atoms with E-state index in [-0.39, 0.29) is 11.3 Å². The van der Waals surface area contributed by atoms with Crippen LogP contribution in [0.2, 0.25) is 0 Å². The zero-order valence-corrected chi connectivity index (χ0v) is 10.3. The number of carbonyl (C=O) groups is 1. The van der Waals surface area contributed by atoms with Gasteiger partial charge in [0.2, 0.25) is 10.0 Å². The first kappa shape index (κ1) is 13.7. The lowest BCUT2D eigenvalue weighted by Gasteiger charge is -2.13. The van der Waals surface area contributed by atoms with Gasteiger partial charge in [0.25, 0.3) is 0 Å². The van der Waals surface area contributed by atoms with E-state index in [9.17, 15) is 13.2 Å². The Morgan fingerprint density at radius 3 is 2.41 bits per heavy atom. The molecule has 0 spiro atoms. The van der Waals surface area contributed by atoms with Crippen molar-refractivity contribution in [2.75, 3.05) is 0 Å². The van der Waals surface area contributed by atoms with Crippen LogP contribution in [0.5, 0.6) is 0 Å². The fraction of sp³-hybridized carbons (Fsp3) is 0.364. The maximum absolute atomic E-state index is 11.8. The van der Waals surface area contributed by atoms with Gasteiger partial charge in [0.15, 0.2) is 0 Å². The molecule has 0 bridgehead atoms. The molecule has 94 valence electrons. The number of rotatable bonds is 6. The van der Waals surface area contributed by atoms with Crippen LogP contribution in [-0.2, 0) is 14.8 Å². The van der Waals surface area contributed by atoms with Crippen LogP contribution < -0.4 is 4.72 Å². The van der Waals surface area contributed by atoms with Crippen LogP contribution in [0.4, 0.5) is 0 Å². The Kier molecular flexibility index (Phi) is 4.65. The maximum Gasteiger partial charge on any atom is 0.321 e. The molecule has 1 rings (SSSR count). The lowest BCUT2D eigenvalue weighted by atomic mass is 10.2. The van der Waals surface area contributed by atoms with Crippen molar-refractivity contribution in [2.24, 2.45) is 0 Å². The highest BCUT2D eigenvalue weighted by Crippen LogP contribution is 2.09. The SMILES string of the molecule is CCCC(NS(=O)(=O)c1ccccc1)C(=O)O. The van der Waals surface area contributed by atoms with Crippen molar-refractivity contribution in [3.63, 3.8) is 0 Å². The van der Waals surface area contributed by atoms with Gasteiger partial charge in [-0.3, -0.25) is 4.79 Å². The summed E-state index contributed by atoms with van der Waals surface area (Å²) in [5, 5.41) is 8.89. The van der Waals surface area contributed by atoms with Gasteiger partial charge in [-0.05, 0) is 18.6 Å². The fourth-order valence-electron chi connectivity index (χ4n) is 1.38. The van der Waals surface area contributed by atoms with E-state index >= 15 is 0 Å². The van der Waals surface area contributed by atoms with Gasteiger partial charge in [-0.15, -0.1) is 0 Å². The Bertz CT molecular complexity index is 470. The third kappa shape index (κ3) is 3.83. The molecule has 17 heavy (non-hydrogen) atoms. The Balaban J connectivity index is 2.89. The molecule has 6 heteroatoms. The molecular weight excluding hydrogens is 242 g/mol. The van der Waals surface area contributed by atoms with Gasteiger partial charge in [0.05, 0.1) is 4.90 Å². The molecular formula is C11H15NO4S. The van der Waals surface area contributed by atoms with Gasteiger partial charge in [0, 0.05) is 0 Å². The third-order valence-corrected chi connectivity index (χ3v) is 3.71. The van der Waals surface area contributed by atoms with E-state index in [2.05, 4.69) is 4.72 Å². The minimum absolute atomic E-state index is 0.0716. The van der Waals surface area contributed by atoms with E-state index in [4.69, 9.17) is 5.11 Å². The number of nitrogens with one attached hydrogen (secondary N) is 1. The fourth-order valence-corrected chi connectivity index (χ4v) is 2.62. The van der Waals surface area contributed by atoms with Crippen LogP contribution in [-0.4, -0.2) is 25.5 Å². The summed E-state index contributed by atoms with van der Waals surface area (Å²) in [6.07, 6.45) is 0.857. The van der Waals surface area contributed by atoms with Gasteiger partial charge in [-0.1, -0.05) is 31.5 Å². The number of benzene rings is 1. The van der Waals surface area contributed by atoms with Crippen molar-refractivity contribution in [3.8, 4) is 0 Å². The molecule has 1 unspecified atom stereocenters. The number of sulfonamides is 1. The molecule has 2 N–H and O–H groups in total. The van der Waals surface area contributed by atoms with Crippen molar-refractivity contribution in [3.05, 3.63) is 30.3 Å². The van der Waals surface area contributed by atoms with Crippen LogP contribution >= 0.6 is 0 Å². The molecule has 1 atom stereocenters. The molecule has 0 amide bonds. The first-order valence-corrected chi connectivity index (χ1v) is 6.76. The predicted octanol–water partition coefficient (Wildman–Crippen LogP) is 1.22. The van der Waals surface area contributed by atoms with Gasteiger partial charge >= 0.3 is 5.97 Å². The van der Waals surface area contributed by atoms with Gasteiger partial charge in [-0.25, -0.2) is 8.42 Å². The lowest BCUT2D eigenvalue weighted by molar-refractivity contribution is -0.139. The summed E-state index contributed by atoms with van der Waals surface area (Å²) < 4.78 is 25.9. The molecule has 0 aromatic heterocycles. The molecule has 0 aliphatic rings. The first-order chi connectivity index (χ1) is 7.97. The molecule has 0 fully saturated rings. The van der Waals surface area contributed by atoms with Crippen molar-refractivity contribution in [2.45, 2.75) is 30.7 Å². The van der Waals surface area contributed by atoms with Gasteiger partial charge < -0.3 is 5.11 Å². The standard InChI is InChI=1S/C11H15NO4S/c1-2-6-10(11(13)14)12-17(15,16)9-7-4-3-5-8-9/h3-5,7-8,10,12H,2,6H2,1H3,(H,13,14). The number of carboxylic acid groups (broad SMARTS) is 1. The molecule has 0 aliphatic heterocycles. The minimum atomic E-state index is -3.76. The monoisotopic (exact) mass is 257 g/mol. The molecule has 1 aromatic rings. The second kappa shape index (κ2) is 5.79. The average Bonchev–Trinajstić information content (AvgIpc) is 2.29. The van der Waals surface area contributed by atoms with E-state index in [1.807, 2.05) is 0 Å². The van der Waals surface area contributed by atoms with E-state index in [0.717, 1.165) is 0 Å². The lowest BCUT2D eigenvalue weighted by Crippen LogP contribution is -2.40. The largest absolute Gasteiger partial charge is 0.480 e. The van der Waals surface area contributed by atoms with E-state index in [1.165, 1.54) is 12.1 Å². The maximum atomic E-state index is 11.8. The quantitative estimate of drug-likeness (QED) is 0.802. The second-order valence-electron chi connectivity index (χ2n) is 3.61. The Morgan fingerprint density at radius 1 is 1.35 bits per heavy atom. The zero-order valence-electron chi connectivity index (χ0n) is 9.46. The van der Waals surface area contributed by atoms with E-state index in [1.54, 1.807) is 25.1 Å². The smallest absolute Gasteiger partial charge is 0.321 e. The first-order valence-electron chi connectivity index (χ1n) is 5.27. The third-order valence-electron chi connectivity index (χ3n) is 2.23. The molecule has 0 radical (unpaired) electrons. The van der Waals surface area contributed by atoms with E-state index in [0.29, 0.717) is 6.42 Å². The highest BCUT2D eigenvalue weighted by atomic mass is 32.2. The van der Waals surface area contributed by atoms with Crippen LogP contribution in [0.25, 0.3) is 0 Å². The molecule has 5 nitrogen and oxygen atoms in total. The second-order valence-corrected chi connectivity index (χ2v) is 5.33. The minimum Gasteiger partial charge on any atom is -0.480 e. The summed E-state index contributed by atoms with van der Waals surface area (Å²) in [5.41, 5.74) is 0. The Labute approximate surface area is 101 Å². The number of aliphatic carboxylic acids is 1. The summed E-state index contributed by atoms with van der Waals surface area (Å²) in [4.78, 5) is 10.9. The highest BCUT2D eigenvalue weighted by Gasteiger charge is 2.24. The van der Waals surface area contributed by atoms with Gasteiger partial charge in [-0.2, -0.15) is 4.72 Å². The van der Waals surface area contributed by atoms with E-state index < -0.39 is 22.0 Å². The zero-order chi connectivity index (χ0) is 12.9. The van der Waals surface area contributed by atoms with Crippen LogP contribution in [0.3, 0.4) is 0 Å². The van der Waals surface area contributed by atoms with Crippen molar-refractivity contribution < 1.29 is 18.3 Å². The molecule has 1 aromatic carbocycles. The summed E-state index contributed by atoms with van der Waals surface area (Å²) in [7, 11) is -3.76. The number of carboxylic acids is 1. The summed E-state index contributed by atoms with van der Waals surface area (Å²) in [5.74, 6) is -1.16. The number of hydrogen-bond acceptors (Lipinski definition) is 3. The molecule has 0 saturated heterocycles. The van der Waals surface area contributed by atoms with Crippen molar-refractivity contribution >= 4 is 16.0 Å². The predicted molar refractivity (Wildman–Crippen MR) is 63.1 cm³/mol.